The number of aromatic nitrogens is 2. The fourth-order valence-electron chi connectivity index (χ4n) is 0.591. The molecule has 0 unspecified atom stereocenters. The smallest absolute Gasteiger partial charge is 0.320 e. The van der Waals surface area contributed by atoms with Crippen LogP contribution in [0.25, 0.3) is 0 Å². The van der Waals surface area contributed by atoms with Gasteiger partial charge in [-0.05, 0) is 6.92 Å². The average molecular weight is 196 g/mol. The average Bonchev–Trinajstić information content (AvgIpc) is 2.57. The lowest BCUT2D eigenvalue weighted by Crippen LogP contribution is -2.28. The predicted octanol–water partition coefficient (Wildman–Crippen LogP) is 0.683. The van der Waals surface area contributed by atoms with Gasteiger partial charge in [0.15, 0.2) is 0 Å². The zero-order chi connectivity index (χ0) is 9.52. The van der Waals surface area contributed by atoms with Gasteiger partial charge in [-0.15, -0.1) is 11.0 Å². The molecule has 0 aromatic carbocycles. The molecular formula is C7H8N4OS. The van der Waals surface area contributed by atoms with E-state index in [4.69, 9.17) is 0 Å². The first-order chi connectivity index (χ1) is 6.33. The number of hydrogen-bond acceptors (Lipinski definition) is 4. The number of nitrogens with zero attached hydrogens (tertiary/aromatic N) is 2. The van der Waals surface area contributed by atoms with Crippen molar-refractivity contribution in [2.24, 2.45) is 0 Å². The van der Waals surface area contributed by atoms with E-state index in [-0.39, 0.29) is 6.03 Å². The quantitative estimate of drug-likeness (QED) is 0.684. The van der Waals surface area contributed by atoms with Crippen LogP contribution in [0.15, 0.2) is 6.20 Å². The number of anilines is 1. The van der Waals surface area contributed by atoms with E-state index in [1.165, 1.54) is 6.20 Å². The Balaban J connectivity index is 2.28. The number of urea groups is 1. The van der Waals surface area contributed by atoms with Gasteiger partial charge in [-0.1, -0.05) is 10.4 Å². The van der Waals surface area contributed by atoms with Crippen molar-refractivity contribution in [3.63, 3.8) is 0 Å². The van der Waals surface area contributed by atoms with E-state index in [1.807, 2.05) is 0 Å². The van der Waals surface area contributed by atoms with Crippen LogP contribution in [0.4, 0.5) is 9.80 Å². The van der Waals surface area contributed by atoms with Gasteiger partial charge in [-0.3, -0.25) is 5.32 Å². The third kappa shape index (κ3) is 3.53. The zero-order valence-corrected chi connectivity index (χ0v) is 7.81. The van der Waals surface area contributed by atoms with Crippen LogP contribution < -0.4 is 10.6 Å². The molecule has 6 heteroatoms. The molecular weight excluding hydrogens is 188 g/mol. The van der Waals surface area contributed by atoms with Gasteiger partial charge in [0.05, 0.1) is 12.7 Å². The molecule has 2 amide bonds. The van der Waals surface area contributed by atoms with Crippen LogP contribution in [0.1, 0.15) is 6.92 Å². The largest absolute Gasteiger partial charge is 0.327 e. The first kappa shape index (κ1) is 9.48. The number of hydrogen-bond donors (Lipinski definition) is 2. The topological polar surface area (TPSA) is 66.9 Å². The van der Waals surface area contributed by atoms with Crippen LogP contribution in [0.5, 0.6) is 0 Å². The van der Waals surface area contributed by atoms with Crippen LogP contribution in [0.2, 0.25) is 0 Å². The fourth-order valence-corrected chi connectivity index (χ4v) is 1.01. The van der Waals surface area contributed by atoms with Gasteiger partial charge in [0.1, 0.15) is 5.00 Å². The molecule has 1 rings (SSSR count). The van der Waals surface area contributed by atoms with Crippen molar-refractivity contribution in [3.8, 4) is 11.8 Å². The van der Waals surface area contributed by atoms with Crippen molar-refractivity contribution in [2.75, 3.05) is 11.9 Å². The predicted molar refractivity (Wildman–Crippen MR) is 50.4 cm³/mol. The Kier molecular flexibility index (Phi) is 3.73. The zero-order valence-electron chi connectivity index (χ0n) is 7.00. The van der Waals surface area contributed by atoms with Crippen molar-refractivity contribution in [1.82, 2.24) is 14.9 Å². The highest BCUT2D eigenvalue weighted by molar-refractivity contribution is 7.10. The van der Waals surface area contributed by atoms with E-state index in [9.17, 15) is 4.79 Å². The Morgan fingerprint density at radius 3 is 3.23 bits per heavy atom. The second kappa shape index (κ2) is 5.11. The number of carbonyl (C=O) groups excluding carboxylic acids is 1. The Morgan fingerprint density at radius 1 is 1.77 bits per heavy atom. The Hall–Kier alpha value is -1.61. The second-order valence-electron chi connectivity index (χ2n) is 2.02. The summed E-state index contributed by atoms with van der Waals surface area (Å²) in [6, 6.07) is -0.297. The molecule has 0 atom stereocenters. The van der Waals surface area contributed by atoms with Gasteiger partial charge < -0.3 is 5.32 Å². The minimum Gasteiger partial charge on any atom is -0.327 e. The number of carbonyl (C=O) groups is 1. The van der Waals surface area contributed by atoms with E-state index < -0.39 is 0 Å². The first-order valence-corrected chi connectivity index (χ1v) is 4.32. The molecule has 0 saturated carbocycles. The molecule has 0 fully saturated rings. The summed E-state index contributed by atoms with van der Waals surface area (Å²) >= 11 is 1.12. The fraction of sp³-hybridized carbons (Fsp3) is 0.286. The summed E-state index contributed by atoms with van der Waals surface area (Å²) in [6.07, 6.45) is 1.48. The van der Waals surface area contributed by atoms with Gasteiger partial charge in [-0.25, -0.2) is 4.79 Å². The van der Waals surface area contributed by atoms with Crippen molar-refractivity contribution >= 4 is 22.6 Å². The van der Waals surface area contributed by atoms with Crippen molar-refractivity contribution < 1.29 is 4.79 Å². The lowest BCUT2D eigenvalue weighted by molar-refractivity contribution is 0.253. The molecule has 5 nitrogen and oxygen atoms in total. The van der Waals surface area contributed by atoms with Crippen LogP contribution in [0.3, 0.4) is 0 Å². The van der Waals surface area contributed by atoms with Crippen LogP contribution in [-0.2, 0) is 0 Å². The van der Waals surface area contributed by atoms with Gasteiger partial charge in [0, 0.05) is 11.5 Å². The Morgan fingerprint density at radius 2 is 2.62 bits per heavy atom. The molecule has 1 aromatic rings. The van der Waals surface area contributed by atoms with Crippen molar-refractivity contribution in [1.29, 1.82) is 0 Å². The molecule has 0 bridgehead atoms. The van der Waals surface area contributed by atoms with Crippen molar-refractivity contribution in [3.05, 3.63) is 6.20 Å². The molecule has 0 radical (unpaired) electrons. The molecule has 1 heterocycles. The molecule has 1 aromatic heterocycles. The summed E-state index contributed by atoms with van der Waals surface area (Å²) in [5.41, 5.74) is 0. The van der Waals surface area contributed by atoms with Gasteiger partial charge in [-0.2, -0.15) is 0 Å². The minimum absolute atomic E-state index is 0.297. The third-order valence-corrected chi connectivity index (χ3v) is 1.69. The molecule has 0 aliphatic rings. The van der Waals surface area contributed by atoms with Gasteiger partial charge >= 0.3 is 6.03 Å². The third-order valence-electron chi connectivity index (χ3n) is 1.11. The molecule has 0 aliphatic heterocycles. The van der Waals surface area contributed by atoms with E-state index in [1.54, 1.807) is 6.92 Å². The number of amides is 2. The molecule has 68 valence electrons. The van der Waals surface area contributed by atoms with Gasteiger partial charge in [0.25, 0.3) is 0 Å². The molecule has 0 aliphatic carbocycles. The monoisotopic (exact) mass is 196 g/mol. The highest BCUT2D eigenvalue weighted by Crippen LogP contribution is 2.07. The maximum absolute atomic E-state index is 11.0. The standard InChI is InChI=1S/C7H8N4OS/c1-2-3-4-8-7(12)10-6-5-9-11-13-6/h5H,4H2,1H3,(H2,8,10,12). The number of nitrogens with one attached hydrogen (secondary N) is 2. The van der Waals surface area contributed by atoms with Crippen LogP contribution >= 0.6 is 11.5 Å². The first-order valence-electron chi connectivity index (χ1n) is 3.54. The summed E-state index contributed by atoms with van der Waals surface area (Å²) in [5, 5.41) is 9.29. The molecule has 2 N–H and O–H groups in total. The van der Waals surface area contributed by atoms with E-state index in [2.05, 4.69) is 32.1 Å². The van der Waals surface area contributed by atoms with E-state index >= 15 is 0 Å². The van der Waals surface area contributed by atoms with Crippen LogP contribution in [-0.4, -0.2) is 22.2 Å². The minimum atomic E-state index is -0.297. The van der Waals surface area contributed by atoms with Crippen molar-refractivity contribution in [2.45, 2.75) is 6.92 Å². The lowest BCUT2D eigenvalue weighted by Gasteiger charge is -1.99. The lowest BCUT2D eigenvalue weighted by atomic mass is 10.6. The highest BCUT2D eigenvalue weighted by atomic mass is 32.1. The van der Waals surface area contributed by atoms with E-state index in [0.717, 1.165) is 11.5 Å². The number of rotatable bonds is 2. The highest BCUT2D eigenvalue weighted by Gasteiger charge is 2.00. The summed E-state index contributed by atoms with van der Waals surface area (Å²) in [6.45, 7) is 2.06. The summed E-state index contributed by atoms with van der Waals surface area (Å²) in [5.74, 6) is 5.38. The summed E-state index contributed by atoms with van der Waals surface area (Å²) < 4.78 is 3.59. The second-order valence-corrected chi connectivity index (χ2v) is 2.80. The Bertz CT molecular complexity index is 324. The van der Waals surface area contributed by atoms with Crippen LogP contribution in [0, 0.1) is 11.8 Å². The maximum atomic E-state index is 11.0. The van der Waals surface area contributed by atoms with E-state index in [0.29, 0.717) is 11.5 Å². The molecule has 13 heavy (non-hydrogen) atoms. The normalized spacial score (nSPS) is 8.38. The Labute approximate surface area is 79.7 Å². The summed E-state index contributed by atoms with van der Waals surface area (Å²) in [7, 11) is 0. The SMILES string of the molecule is CC#CCNC(=O)Nc1cnns1. The molecule has 0 spiro atoms. The summed E-state index contributed by atoms with van der Waals surface area (Å²) in [4.78, 5) is 11.0. The molecule has 0 saturated heterocycles. The van der Waals surface area contributed by atoms with Gasteiger partial charge in [0.2, 0.25) is 0 Å². The maximum Gasteiger partial charge on any atom is 0.320 e.